The van der Waals surface area contributed by atoms with Gasteiger partial charge in [-0.2, -0.15) is 0 Å². The molecule has 40 heavy (non-hydrogen) atoms. The zero-order valence-electron chi connectivity index (χ0n) is 22.5. The number of nitrogens with zero attached hydrogens (tertiary/aromatic N) is 3. The zero-order valence-corrected chi connectivity index (χ0v) is 24.0. The molecule has 0 saturated carbocycles. The number of aromatic nitrogens is 2. The minimum absolute atomic E-state index is 0.0916. The highest BCUT2D eigenvalue weighted by molar-refractivity contribution is 6.41. The van der Waals surface area contributed by atoms with E-state index >= 15 is 0 Å². The fourth-order valence-electron chi connectivity index (χ4n) is 5.07. The molecule has 0 bridgehead atoms. The molecule has 5 rings (SSSR count). The fraction of sp³-hybridized carbons (Fsp3) is 0.393. The third kappa shape index (κ3) is 5.49. The third-order valence-electron chi connectivity index (χ3n) is 7.23. The first-order valence-corrected chi connectivity index (χ1v) is 13.6. The van der Waals surface area contributed by atoms with E-state index in [1.807, 2.05) is 12.1 Å². The van der Waals surface area contributed by atoms with Crippen molar-refractivity contribution in [3.63, 3.8) is 0 Å². The van der Waals surface area contributed by atoms with Crippen molar-refractivity contribution in [1.82, 2.24) is 15.3 Å². The Balaban J connectivity index is 1.59. The summed E-state index contributed by atoms with van der Waals surface area (Å²) in [6.45, 7) is 5.81. The van der Waals surface area contributed by atoms with E-state index in [1.165, 1.54) is 20.3 Å². The Hall–Kier alpha value is -3.31. The minimum Gasteiger partial charge on any atom is -0.495 e. The molecular weight excluding hydrogens is 557 g/mol. The van der Waals surface area contributed by atoms with Crippen LogP contribution in [-0.4, -0.2) is 81.7 Å². The molecule has 12 heteroatoms. The molecule has 1 amide bonds. The maximum absolute atomic E-state index is 11.9. The van der Waals surface area contributed by atoms with Gasteiger partial charge in [0, 0.05) is 48.8 Å². The van der Waals surface area contributed by atoms with Crippen LogP contribution in [0.3, 0.4) is 0 Å². The van der Waals surface area contributed by atoms with Gasteiger partial charge >= 0.3 is 0 Å². The number of nitrogens with one attached hydrogen (secondary N) is 2. The van der Waals surface area contributed by atoms with E-state index < -0.39 is 0 Å². The Labute approximate surface area is 242 Å². The van der Waals surface area contributed by atoms with Crippen molar-refractivity contribution in [3.05, 3.63) is 47.1 Å². The average molecular weight is 588 g/mol. The summed E-state index contributed by atoms with van der Waals surface area (Å²) < 4.78 is 22.2. The maximum atomic E-state index is 11.9. The lowest BCUT2D eigenvalue weighted by atomic mass is 10.1. The van der Waals surface area contributed by atoms with Crippen molar-refractivity contribution in [1.29, 1.82) is 0 Å². The number of hydrogen-bond donors (Lipinski definition) is 2. The monoisotopic (exact) mass is 587 g/mol. The quantitative estimate of drug-likeness (QED) is 0.354. The van der Waals surface area contributed by atoms with Gasteiger partial charge in [-0.15, -0.1) is 0 Å². The molecule has 1 unspecified atom stereocenters. The lowest BCUT2D eigenvalue weighted by molar-refractivity contribution is -0.117. The zero-order chi connectivity index (χ0) is 28.4. The van der Waals surface area contributed by atoms with Crippen LogP contribution < -0.4 is 25.0 Å². The number of fused-ring (bicyclic) bond motifs is 1. The molecule has 212 valence electrons. The molecule has 4 heterocycles. The third-order valence-corrected chi connectivity index (χ3v) is 7.98. The number of rotatable bonds is 9. The van der Waals surface area contributed by atoms with Gasteiger partial charge in [0.2, 0.25) is 5.91 Å². The standard InChI is InChI=1S/C28H31Cl2N5O5/c1-5-24(36)33-20-14-40-13-19(20)32-23-9-17-15(11-31-23)8-18(34-28(17)35-7-6-16(12-35)37-2)25-26(29)21(38-3)10-22(39-4)27(25)30/h5,8-11,16,19-20H,1,6-7,12-14H2,2-4H3,(H,31,32)(H,33,36)/t16?,19-,20+/m1/s1. The van der Waals surface area contributed by atoms with Gasteiger partial charge in [-0.1, -0.05) is 29.8 Å². The minimum atomic E-state index is -0.249. The van der Waals surface area contributed by atoms with Gasteiger partial charge in [-0.25, -0.2) is 9.97 Å². The molecule has 10 nitrogen and oxygen atoms in total. The van der Waals surface area contributed by atoms with Crippen LogP contribution in [0.1, 0.15) is 6.42 Å². The molecule has 3 aromatic rings. The van der Waals surface area contributed by atoms with Crippen LogP contribution in [0.15, 0.2) is 37.1 Å². The van der Waals surface area contributed by atoms with Crippen molar-refractivity contribution in [2.75, 3.05) is 57.8 Å². The van der Waals surface area contributed by atoms with Crippen LogP contribution >= 0.6 is 23.2 Å². The lowest BCUT2D eigenvalue weighted by Crippen LogP contribution is -2.45. The van der Waals surface area contributed by atoms with Crippen molar-refractivity contribution in [2.24, 2.45) is 0 Å². The molecule has 2 aliphatic heterocycles. The average Bonchev–Trinajstić information content (AvgIpc) is 3.62. The van der Waals surface area contributed by atoms with Gasteiger partial charge in [-0.05, 0) is 24.6 Å². The second-order valence-electron chi connectivity index (χ2n) is 9.61. The molecule has 0 aliphatic carbocycles. The first-order chi connectivity index (χ1) is 19.4. The van der Waals surface area contributed by atoms with Crippen LogP contribution in [0.5, 0.6) is 11.5 Å². The highest BCUT2D eigenvalue weighted by Gasteiger charge is 2.30. The van der Waals surface area contributed by atoms with Crippen LogP contribution in [-0.2, 0) is 14.3 Å². The number of carbonyl (C=O) groups is 1. The summed E-state index contributed by atoms with van der Waals surface area (Å²) >= 11 is 13.5. The van der Waals surface area contributed by atoms with Crippen LogP contribution in [0.2, 0.25) is 10.0 Å². The summed E-state index contributed by atoms with van der Waals surface area (Å²) in [4.78, 5) is 23.8. The second kappa shape index (κ2) is 12.1. The first-order valence-electron chi connectivity index (χ1n) is 12.8. The molecule has 0 spiro atoms. The Bertz CT molecular complexity index is 1410. The number of pyridine rings is 2. The van der Waals surface area contributed by atoms with E-state index in [0.29, 0.717) is 58.4 Å². The molecule has 1 aromatic carbocycles. The highest BCUT2D eigenvalue weighted by atomic mass is 35.5. The number of benzene rings is 1. The van der Waals surface area contributed by atoms with Crippen LogP contribution in [0.25, 0.3) is 22.0 Å². The summed E-state index contributed by atoms with van der Waals surface area (Å²) in [5, 5.41) is 8.73. The highest BCUT2D eigenvalue weighted by Crippen LogP contribution is 2.46. The smallest absolute Gasteiger partial charge is 0.243 e. The maximum Gasteiger partial charge on any atom is 0.243 e. The predicted octanol–water partition coefficient (Wildman–Crippen LogP) is 4.33. The van der Waals surface area contributed by atoms with Gasteiger partial charge in [0.25, 0.3) is 0 Å². The van der Waals surface area contributed by atoms with Crippen LogP contribution in [0.4, 0.5) is 11.6 Å². The lowest BCUT2D eigenvalue weighted by Gasteiger charge is -2.23. The molecule has 2 fully saturated rings. The van der Waals surface area contributed by atoms with Gasteiger partial charge < -0.3 is 34.5 Å². The van der Waals surface area contributed by atoms with Crippen LogP contribution in [0, 0.1) is 0 Å². The Morgan fingerprint density at radius 1 is 1.12 bits per heavy atom. The van der Waals surface area contributed by atoms with Crippen molar-refractivity contribution >= 4 is 51.5 Å². The second-order valence-corrected chi connectivity index (χ2v) is 10.4. The van der Waals surface area contributed by atoms with Crippen molar-refractivity contribution in [2.45, 2.75) is 24.6 Å². The van der Waals surface area contributed by atoms with Gasteiger partial charge in [-0.3, -0.25) is 4.79 Å². The Morgan fingerprint density at radius 3 is 2.50 bits per heavy atom. The largest absolute Gasteiger partial charge is 0.495 e. The molecule has 2 aromatic heterocycles. The number of halogens is 2. The summed E-state index contributed by atoms with van der Waals surface area (Å²) in [6, 6.07) is 5.14. The first kappa shape index (κ1) is 28.2. The van der Waals surface area contributed by atoms with E-state index in [4.69, 9.17) is 47.1 Å². The van der Waals surface area contributed by atoms with Gasteiger partial charge in [0.05, 0.1) is 61.4 Å². The molecule has 3 atom stereocenters. The molecule has 2 saturated heterocycles. The van der Waals surface area contributed by atoms with E-state index in [2.05, 4.69) is 27.1 Å². The van der Waals surface area contributed by atoms with Crippen molar-refractivity contribution < 1.29 is 23.7 Å². The fourth-order valence-corrected chi connectivity index (χ4v) is 5.76. The summed E-state index contributed by atoms with van der Waals surface area (Å²) in [7, 11) is 4.79. The number of carbonyl (C=O) groups excluding carboxylic acids is 1. The molecule has 2 aliphatic rings. The van der Waals surface area contributed by atoms with Gasteiger partial charge in [0.1, 0.15) is 23.1 Å². The van der Waals surface area contributed by atoms with E-state index in [9.17, 15) is 4.79 Å². The summed E-state index contributed by atoms with van der Waals surface area (Å²) in [5.74, 6) is 2.00. The summed E-state index contributed by atoms with van der Waals surface area (Å²) in [5.41, 5.74) is 1.07. The van der Waals surface area contributed by atoms with E-state index in [1.54, 1.807) is 19.4 Å². The molecule has 2 N–H and O–H groups in total. The molecular formula is C28H31Cl2N5O5. The number of amides is 1. The van der Waals surface area contributed by atoms with Crippen molar-refractivity contribution in [3.8, 4) is 22.8 Å². The van der Waals surface area contributed by atoms with E-state index in [0.717, 1.165) is 29.6 Å². The number of anilines is 2. The number of methoxy groups -OCH3 is 3. The van der Waals surface area contributed by atoms with E-state index in [-0.39, 0.29) is 24.1 Å². The van der Waals surface area contributed by atoms with Gasteiger partial charge in [0.15, 0.2) is 0 Å². The summed E-state index contributed by atoms with van der Waals surface area (Å²) in [6.07, 6.45) is 3.99. The number of hydrogen-bond acceptors (Lipinski definition) is 9. The molecule has 0 radical (unpaired) electrons. The topological polar surface area (TPSA) is 107 Å². The Morgan fingerprint density at radius 2 is 1.85 bits per heavy atom. The SMILES string of the molecule is C=CC(=O)N[C@H]1COC[C@H]1Nc1cc2c(N3CCC(OC)C3)nc(-c3c(Cl)c(OC)cc(OC)c3Cl)cc2cn1. The Kier molecular flexibility index (Phi) is 8.51. The normalized spacial score (nSPS) is 20.5. The number of ether oxygens (including phenoxy) is 4. The predicted molar refractivity (Wildman–Crippen MR) is 156 cm³/mol.